The van der Waals surface area contributed by atoms with Gasteiger partial charge in [0.15, 0.2) is 0 Å². The highest BCUT2D eigenvalue weighted by Crippen LogP contribution is 2.34. The van der Waals surface area contributed by atoms with E-state index in [0.717, 1.165) is 16.1 Å². The number of nitrogens with zero attached hydrogens (tertiary/aromatic N) is 1. The fourth-order valence-electron chi connectivity index (χ4n) is 2.38. The molecule has 0 bridgehead atoms. The Bertz CT molecular complexity index is 865. The second-order valence-corrected chi connectivity index (χ2v) is 7.73. The Hall–Kier alpha value is -2.57. The van der Waals surface area contributed by atoms with E-state index in [1.807, 2.05) is 60.6 Å². The van der Waals surface area contributed by atoms with Gasteiger partial charge >= 0.3 is 0 Å². The SMILES string of the molecule is Cc1ccc(SN(CC(=O)NC/C(N)=C/C=C\N)c2cccc(Cl)c2C)cc1. The number of benzene rings is 2. The van der Waals surface area contributed by atoms with Crippen molar-refractivity contribution in [3.8, 4) is 0 Å². The summed E-state index contributed by atoms with van der Waals surface area (Å²) in [7, 11) is 0. The Morgan fingerprint density at radius 3 is 2.61 bits per heavy atom. The normalized spacial score (nSPS) is 11.6. The number of carbonyl (C=O) groups is 1. The first-order valence-electron chi connectivity index (χ1n) is 8.77. The monoisotopic (exact) mass is 416 g/mol. The maximum atomic E-state index is 12.5. The second kappa shape index (κ2) is 10.7. The molecule has 0 fully saturated rings. The molecule has 0 saturated heterocycles. The number of amides is 1. The standard InChI is InChI=1S/C21H25ClN4OS/c1-15-8-10-18(11-9-15)28-26(20-7-3-6-19(22)16(20)2)14-21(27)25-13-17(24)5-4-12-23/h3-12H,13-14,23-24H2,1-2H3,(H,25,27)/b12-4-,17-5-. The van der Waals surface area contributed by atoms with E-state index >= 15 is 0 Å². The molecule has 1 amide bonds. The molecule has 28 heavy (non-hydrogen) atoms. The van der Waals surface area contributed by atoms with Gasteiger partial charge in [-0.15, -0.1) is 0 Å². The molecule has 0 aliphatic carbocycles. The first-order chi connectivity index (χ1) is 13.4. The van der Waals surface area contributed by atoms with Crippen molar-refractivity contribution in [1.29, 1.82) is 0 Å². The van der Waals surface area contributed by atoms with E-state index in [0.29, 0.717) is 10.7 Å². The minimum absolute atomic E-state index is 0.146. The van der Waals surface area contributed by atoms with Gasteiger partial charge in [0, 0.05) is 15.6 Å². The summed E-state index contributed by atoms with van der Waals surface area (Å²) in [6.45, 7) is 4.39. The highest BCUT2D eigenvalue weighted by molar-refractivity contribution is 8.00. The molecule has 2 rings (SSSR count). The van der Waals surface area contributed by atoms with Crippen LogP contribution in [0, 0.1) is 13.8 Å². The van der Waals surface area contributed by atoms with Gasteiger partial charge in [-0.25, -0.2) is 0 Å². The fourth-order valence-corrected chi connectivity index (χ4v) is 3.54. The molecule has 0 heterocycles. The van der Waals surface area contributed by atoms with Gasteiger partial charge in [-0.1, -0.05) is 35.4 Å². The summed E-state index contributed by atoms with van der Waals surface area (Å²) in [6, 6.07) is 13.8. The molecule has 5 nitrogen and oxygen atoms in total. The van der Waals surface area contributed by atoms with E-state index in [2.05, 4.69) is 5.32 Å². The summed E-state index contributed by atoms with van der Waals surface area (Å²) in [5.41, 5.74) is 14.6. The van der Waals surface area contributed by atoms with E-state index in [4.69, 9.17) is 23.1 Å². The number of halogens is 1. The smallest absolute Gasteiger partial charge is 0.240 e. The maximum absolute atomic E-state index is 12.5. The Labute approximate surface area is 175 Å². The Kier molecular flexibility index (Phi) is 8.29. The first-order valence-corrected chi connectivity index (χ1v) is 9.92. The molecule has 2 aromatic carbocycles. The number of carbonyl (C=O) groups excluding carboxylic acids is 1. The molecule has 5 N–H and O–H groups in total. The van der Waals surface area contributed by atoms with Gasteiger partial charge in [-0.2, -0.15) is 0 Å². The molecule has 0 aromatic heterocycles. The summed E-state index contributed by atoms with van der Waals surface area (Å²) in [4.78, 5) is 13.6. The number of nitrogens with two attached hydrogens (primary N) is 2. The Morgan fingerprint density at radius 2 is 1.93 bits per heavy atom. The minimum Gasteiger partial charge on any atom is -0.405 e. The molecule has 0 aliphatic rings. The van der Waals surface area contributed by atoms with Crippen molar-refractivity contribution in [2.75, 3.05) is 17.4 Å². The van der Waals surface area contributed by atoms with Crippen LogP contribution in [0.4, 0.5) is 5.69 Å². The van der Waals surface area contributed by atoms with E-state index in [9.17, 15) is 4.79 Å². The van der Waals surface area contributed by atoms with E-state index in [-0.39, 0.29) is 19.0 Å². The largest absolute Gasteiger partial charge is 0.405 e. The molecule has 7 heteroatoms. The van der Waals surface area contributed by atoms with Crippen molar-refractivity contribution in [2.45, 2.75) is 18.7 Å². The summed E-state index contributed by atoms with van der Waals surface area (Å²) in [5, 5.41) is 3.49. The molecule has 0 aliphatic heterocycles. The van der Waals surface area contributed by atoms with Crippen LogP contribution in [0.5, 0.6) is 0 Å². The average Bonchev–Trinajstić information content (AvgIpc) is 2.68. The van der Waals surface area contributed by atoms with E-state index in [1.165, 1.54) is 23.7 Å². The zero-order chi connectivity index (χ0) is 20.5. The average molecular weight is 417 g/mol. The van der Waals surface area contributed by atoms with Crippen LogP contribution in [-0.2, 0) is 4.79 Å². The van der Waals surface area contributed by atoms with Gasteiger partial charge < -0.3 is 21.1 Å². The van der Waals surface area contributed by atoms with Gasteiger partial charge in [0.1, 0.15) is 6.54 Å². The van der Waals surface area contributed by atoms with E-state index in [1.54, 1.807) is 12.2 Å². The molecule has 0 saturated carbocycles. The lowest BCUT2D eigenvalue weighted by Gasteiger charge is -2.25. The molecule has 0 unspecified atom stereocenters. The molecule has 148 valence electrons. The zero-order valence-corrected chi connectivity index (χ0v) is 17.6. The number of allylic oxidation sites excluding steroid dienone is 2. The molecule has 0 radical (unpaired) electrons. The predicted octanol–water partition coefficient (Wildman–Crippen LogP) is 3.90. The first kappa shape index (κ1) is 21.7. The number of hydrogen-bond acceptors (Lipinski definition) is 5. The van der Waals surface area contributed by atoms with E-state index < -0.39 is 0 Å². The third-order valence-electron chi connectivity index (χ3n) is 3.94. The summed E-state index contributed by atoms with van der Waals surface area (Å²) in [6.07, 6.45) is 4.66. The Morgan fingerprint density at radius 1 is 1.21 bits per heavy atom. The van der Waals surface area contributed by atoms with Crippen LogP contribution in [0.3, 0.4) is 0 Å². The van der Waals surface area contributed by atoms with Crippen LogP contribution in [0.1, 0.15) is 11.1 Å². The third-order valence-corrected chi connectivity index (χ3v) is 5.38. The highest BCUT2D eigenvalue weighted by atomic mass is 35.5. The molecule has 0 atom stereocenters. The molecule has 0 spiro atoms. The van der Waals surface area contributed by atoms with Gasteiger partial charge in [0.05, 0.1) is 12.2 Å². The number of aryl methyl sites for hydroxylation is 1. The van der Waals surface area contributed by atoms with Gasteiger partial charge in [-0.05, 0) is 74.0 Å². The molecular formula is C21H25ClN4OS. The number of hydrogen-bond donors (Lipinski definition) is 3. The van der Waals surface area contributed by atoms with Crippen molar-refractivity contribution in [3.63, 3.8) is 0 Å². The summed E-state index contributed by atoms with van der Waals surface area (Å²) < 4.78 is 1.93. The second-order valence-electron chi connectivity index (χ2n) is 6.23. The van der Waals surface area contributed by atoms with Crippen LogP contribution < -0.4 is 21.1 Å². The molecule has 2 aromatic rings. The topological polar surface area (TPSA) is 84.4 Å². The number of rotatable bonds is 8. The minimum atomic E-state index is -0.146. The van der Waals surface area contributed by atoms with Gasteiger partial charge in [0.25, 0.3) is 0 Å². The van der Waals surface area contributed by atoms with Crippen LogP contribution in [-0.4, -0.2) is 19.0 Å². The Balaban J connectivity index is 2.17. The third kappa shape index (κ3) is 6.55. The van der Waals surface area contributed by atoms with Crippen LogP contribution >= 0.6 is 23.5 Å². The lowest BCUT2D eigenvalue weighted by Crippen LogP contribution is -2.36. The van der Waals surface area contributed by atoms with Gasteiger partial charge in [0.2, 0.25) is 5.91 Å². The number of anilines is 1. The highest BCUT2D eigenvalue weighted by Gasteiger charge is 2.16. The van der Waals surface area contributed by atoms with Crippen molar-refractivity contribution in [1.82, 2.24) is 5.32 Å². The predicted molar refractivity (Wildman–Crippen MR) is 119 cm³/mol. The lowest BCUT2D eigenvalue weighted by atomic mass is 10.2. The van der Waals surface area contributed by atoms with Crippen molar-refractivity contribution >= 4 is 35.1 Å². The molecular weight excluding hydrogens is 392 g/mol. The van der Waals surface area contributed by atoms with Gasteiger partial charge in [-0.3, -0.25) is 4.79 Å². The van der Waals surface area contributed by atoms with Crippen molar-refractivity contribution < 1.29 is 4.79 Å². The lowest BCUT2D eigenvalue weighted by molar-refractivity contribution is -0.119. The number of nitrogens with one attached hydrogen (secondary N) is 1. The fraction of sp³-hybridized carbons (Fsp3) is 0.190. The van der Waals surface area contributed by atoms with Crippen LogP contribution in [0.15, 0.2) is 71.4 Å². The van der Waals surface area contributed by atoms with Crippen LogP contribution in [0.2, 0.25) is 5.02 Å². The van der Waals surface area contributed by atoms with Crippen LogP contribution in [0.25, 0.3) is 0 Å². The van der Waals surface area contributed by atoms with Crippen molar-refractivity contribution in [3.05, 3.63) is 82.7 Å². The summed E-state index contributed by atoms with van der Waals surface area (Å²) >= 11 is 7.78. The maximum Gasteiger partial charge on any atom is 0.240 e. The zero-order valence-electron chi connectivity index (χ0n) is 16.0. The quantitative estimate of drug-likeness (QED) is 0.449. The summed E-state index contributed by atoms with van der Waals surface area (Å²) in [5.74, 6) is -0.146. The van der Waals surface area contributed by atoms with Crippen molar-refractivity contribution in [2.24, 2.45) is 11.5 Å².